The van der Waals surface area contributed by atoms with Crippen LogP contribution in [0.4, 0.5) is 0 Å². The van der Waals surface area contributed by atoms with Crippen LogP contribution in [0.25, 0.3) is 10.8 Å². The van der Waals surface area contributed by atoms with Gasteiger partial charge in [0, 0.05) is 0 Å². The number of fused-ring (bicyclic) bond motifs is 1. The highest BCUT2D eigenvalue weighted by atomic mass is 16.5. The fraction of sp³-hybridized carbons (Fsp3) is 0.444. The van der Waals surface area contributed by atoms with Gasteiger partial charge in [0.1, 0.15) is 0 Å². The van der Waals surface area contributed by atoms with E-state index < -0.39 is 0 Å². The fourth-order valence-corrected chi connectivity index (χ4v) is 3.26. The van der Waals surface area contributed by atoms with Gasteiger partial charge in [-0.15, -0.1) is 0 Å². The van der Waals surface area contributed by atoms with Gasteiger partial charge in [-0.05, 0) is 42.6 Å². The lowest BCUT2D eigenvalue weighted by Gasteiger charge is -2.26. The van der Waals surface area contributed by atoms with E-state index in [2.05, 4.69) is 61.6 Å². The van der Waals surface area contributed by atoms with Gasteiger partial charge in [0.05, 0.1) is 18.2 Å². The second-order valence-electron chi connectivity index (χ2n) is 5.67. The molecule has 0 saturated carbocycles. The highest BCUT2D eigenvalue weighted by molar-refractivity contribution is 5.86. The molecular formula is C18H23NO. The number of likely N-dealkylation sites (N-methyl/N-ethyl adjacent to an activating group) is 1. The third-order valence-corrected chi connectivity index (χ3v) is 4.22. The molecule has 2 nitrogen and oxygen atoms in total. The van der Waals surface area contributed by atoms with Gasteiger partial charge < -0.3 is 10.1 Å². The quantitative estimate of drug-likeness (QED) is 0.904. The summed E-state index contributed by atoms with van der Waals surface area (Å²) in [6, 6.07) is 15.5. The summed E-state index contributed by atoms with van der Waals surface area (Å²) in [6.45, 7) is 5.30. The van der Waals surface area contributed by atoms with E-state index in [-0.39, 0.29) is 12.1 Å². The van der Waals surface area contributed by atoms with E-state index in [1.807, 2.05) is 0 Å². The van der Waals surface area contributed by atoms with Crippen LogP contribution in [0.1, 0.15) is 38.3 Å². The van der Waals surface area contributed by atoms with Gasteiger partial charge in [-0.3, -0.25) is 0 Å². The summed E-state index contributed by atoms with van der Waals surface area (Å²) < 4.78 is 6.12. The van der Waals surface area contributed by atoms with Gasteiger partial charge in [-0.1, -0.05) is 49.4 Å². The van der Waals surface area contributed by atoms with Crippen LogP contribution >= 0.6 is 0 Å². The zero-order valence-corrected chi connectivity index (χ0v) is 12.3. The second kappa shape index (κ2) is 5.94. The van der Waals surface area contributed by atoms with E-state index in [4.69, 9.17) is 4.74 Å². The molecule has 0 bridgehead atoms. The van der Waals surface area contributed by atoms with Crippen molar-refractivity contribution >= 4 is 10.8 Å². The average molecular weight is 269 g/mol. The molecule has 1 N–H and O–H groups in total. The van der Waals surface area contributed by atoms with Gasteiger partial charge in [-0.2, -0.15) is 0 Å². The highest BCUT2D eigenvalue weighted by Gasteiger charge is 2.30. The molecular weight excluding hydrogens is 246 g/mol. The Kier molecular flexibility index (Phi) is 4.04. The van der Waals surface area contributed by atoms with E-state index in [9.17, 15) is 0 Å². The third-order valence-electron chi connectivity index (χ3n) is 4.22. The van der Waals surface area contributed by atoms with Crippen LogP contribution < -0.4 is 5.32 Å². The molecule has 0 aromatic heterocycles. The summed E-state index contributed by atoms with van der Waals surface area (Å²) in [5, 5.41) is 6.27. The van der Waals surface area contributed by atoms with Crippen molar-refractivity contribution in [2.45, 2.75) is 44.9 Å². The lowest BCUT2D eigenvalue weighted by molar-refractivity contribution is 0.0322. The van der Waals surface area contributed by atoms with Crippen molar-refractivity contribution in [1.29, 1.82) is 0 Å². The number of rotatable bonds is 4. The Labute approximate surface area is 121 Å². The Morgan fingerprint density at radius 1 is 1.15 bits per heavy atom. The molecule has 0 radical (unpaired) electrons. The van der Waals surface area contributed by atoms with Crippen molar-refractivity contribution in [2.24, 2.45) is 0 Å². The Morgan fingerprint density at radius 3 is 2.70 bits per heavy atom. The summed E-state index contributed by atoms with van der Waals surface area (Å²) >= 11 is 0. The minimum atomic E-state index is 0.288. The molecule has 1 heterocycles. The molecule has 2 aromatic rings. The second-order valence-corrected chi connectivity index (χ2v) is 5.67. The summed E-state index contributed by atoms with van der Waals surface area (Å²) in [5.41, 5.74) is 1.36. The molecule has 1 fully saturated rings. The smallest absolute Gasteiger partial charge is 0.0774 e. The molecule has 0 aliphatic carbocycles. The molecule has 1 aliphatic heterocycles. The van der Waals surface area contributed by atoms with E-state index in [1.165, 1.54) is 16.3 Å². The summed E-state index contributed by atoms with van der Waals surface area (Å²) in [6.07, 6.45) is 2.98. The molecule has 0 spiro atoms. The maximum atomic E-state index is 6.12. The van der Waals surface area contributed by atoms with Gasteiger partial charge in [0.25, 0.3) is 0 Å². The van der Waals surface area contributed by atoms with Crippen molar-refractivity contribution in [3.8, 4) is 0 Å². The van der Waals surface area contributed by atoms with Crippen LogP contribution in [0, 0.1) is 0 Å². The fourth-order valence-electron chi connectivity index (χ4n) is 3.26. The predicted octanol–water partition coefficient (Wildman–Crippen LogP) is 4.06. The van der Waals surface area contributed by atoms with Crippen molar-refractivity contribution in [2.75, 3.05) is 6.54 Å². The van der Waals surface area contributed by atoms with Gasteiger partial charge in [0.2, 0.25) is 0 Å². The minimum absolute atomic E-state index is 0.288. The maximum Gasteiger partial charge on any atom is 0.0774 e. The summed E-state index contributed by atoms with van der Waals surface area (Å²) in [4.78, 5) is 0. The normalized spacial score (nSPS) is 24.1. The lowest BCUT2D eigenvalue weighted by Crippen LogP contribution is -2.32. The average Bonchev–Trinajstić information content (AvgIpc) is 2.91. The van der Waals surface area contributed by atoms with Crippen molar-refractivity contribution in [1.82, 2.24) is 5.32 Å². The predicted molar refractivity (Wildman–Crippen MR) is 83.9 cm³/mol. The lowest BCUT2D eigenvalue weighted by atomic mass is 9.94. The van der Waals surface area contributed by atoms with Gasteiger partial charge in [0.15, 0.2) is 0 Å². The largest absolute Gasteiger partial charge is 0.373 e. The number of hydrogen-bond donors (Lipinski definition) is 1. The van der Waals surface area contributed by atoms with Crippen molar-refractivity contribution in [3.63, 3.8) is 0 Å². The van der Waals surface area contributed by atoms with E-state index in [0.717, 1.165) is 19.4 Å². The summed E-state index contributed by atoms with van der Waals surface area (Å²) in [5.74, 6) is 0. The molecule has 2 aromatic carbocycles. The molecule has 1 saturated heterocycles. The molecule has 0 amide bonds. The zero-order valence-electron chi connectivity index (χ0n) is 12.3. The Balaban J connectivity index is 2.01. The van der Waals surface area contributed by atoms with Gasteiger partial charge >= 0.3 is 0 Å². The zero-order chi connectivity index (χ0) is 13.9. The standard InChI is InChI=1S/C18H23NO/c1-3-19-18(17-12-11-13(2)20-17)16-10-6-8-14-7-4-5-9-15(14)16/h4-10,13,17-19H,3,11-12H2,1-2H3. The van der Waals surface area contributed by atoms with E-state index in [0.29, 0.717) is 6.10 Å². The van der Waals surface area contributed by atoms with Crippen LogP contribution in [0.15, 0.2) is 42.5 Å². The third kappa shape index (κ3) is 2.58. The number of benzene rings is 2. The first-order valence-electron chi connectivity index (χ1n) is 7.66. The molecule has 106 valence electrons. The Morgan fingerprint density at radius 2 is 1.95 bits per heavy atom. The molecule has 1 aliphatic rings. The van der Waals surface area contributed by atoms with Crippen LogP contribution in [0.5, 0.6) is 0 Å². The van der Waals surface area contributed by atoms with Crippen molar-refractivity contribution in [3.05, 3.63) is 48.0 Å². The Bertz CT molecular complexity index is 575. The molecule has 2 heteroatoms. The van der Waals surface area contributed by atoms with E-state index in [1.54, 1.807) is 0 Å². The molecule has 3 rings (SSSR count). The number of hydrogen-bond acceptors (Lipinski definition) is 2. The molecule has 3 unspecified atom stereocenters. The summed E-state index contributed by atoms with van der Waals surface area (Å²) in [7, 11) is 0. The highest BCUT2D eigenvalue weighted by Crippen LogP contribution is 2.33. The van der Waals surface area contributed by atoms with Gasteiger partial charge in [-0.25, -0.2) is 0 Å². The van der Waals surface area contributed by atoms with Crippen LogP contribution in [0.3, 0.4) is 0 Å². The van der Waals surface area contributed by atoms with Crippen LogP contribution in [-0.2, 0) is 4.74 Å². The van der Waals surface area contributed by atoms with Crippen LogP contribution in [0.2, 0.25) is 0 Å². The number of ether oxygens (including phenoxy) is 1. The first-order chi connectivity index (χ1) is 9.79. The van der Waals surface area contributed by atoms with Crippen molar-refractivity contribution < 1.29 is 4.74 Å². The first kappa shape index (κ1) is 13.6. The SMILES string of the molecule is CCNC(c1cccc2ccccc12)C1CCC(C)O1. The van der Waals surface area contributed by atoms with E-state index >= 15 is 0 Å². The topological polar surface area (TPSA) is 21.3 Å². The maximum absolute atomic E-state index is 6.12. The molecule has 20 heavy (non-hydrogen) atoms. The number of nitrogens with one attached hydrogen (secondary N) is 1. The first-order valence-corrected chi connectivity index (χ1v) is 7.66. The minimum Gasteiger partial charge on any atom is -0.373 e. The Hall–Kier alpha value is -1.38. The monoisotopic (exact) mass is 269 g/mol. The van der Waals surface area contributed by atoms with Crippen LogP contribution in [-0.4, -0.2) is 18.8 Å². The molecule has 3 atom stereocenters.